The SMILES string of the molecule is CC(Br)CC(C)c1cncc(F)c1. The van der Waals surface area contributed by atoms with Crippen molar-refractivity contribution in [3.8, 4) is 0 Å². The van der Waals surface area contributed by atoms with Crippen LogP contribution in [-0.4, -0.2) is 9.81 Å². The van der Waals surface area contributed by atoms with Crippen molar-refractivity contribution < 1.29 is 4.39 Å². The number of hydrogen-bond acceptors (Lipinski definition) is 1. The summed E-state index contributed by atoms with van der Waals surface area (Å²) in [6, 6.07) is 1.55. The lowest BCUT2D eigenvalue weighted by atomic mass is 9.98. The van der Waals surface area contributed by atoms with Gasteiger partial charge < -0.3 is 0 Å². The van der Waals surface area contributed by atoms with E-state index in [-0.39, 0.29) is 5.82 Å². The number of alkyl halides is 1. The number of pyridine rings is 1. The summed E-state index contributed by atoms with van der Waals surface area (Å²) in [5.41, 5.74) is 0.964. The monoisotopic (exact) mass is 245 g/mol. The van der Waals surface area contributed by atoms with Gasteiger partial charge in [0.2, 0.25) is 0 Å². The van der Waals surface area contributed by atoms with Crippen molar-refractivity contribution in [1.29, 1.82) is 0 Å². The summed E-state index contributed by atoms with van der Waals surface area (Å²) in [6.45, 7) is 4.16. The molecule has 0 fully saturated rings. The van der Waals surface area contributed by atoms with Gasteiger partial charge in [-0.05, 0) is 24.0 Å². The second-order valence-corrected chi connectivity index (χ2v) is 4.92. The highest BCUT2D eigenvalue weighted by atomic mass is 79.9. The Morgan fingerprint density at radius 1 is 1.46 bits per heavy atom. The van der Waals surface area contributed by atoms with Gasteiger partial charge in [-0.25, -0.2) is 4.39 Å². The van der Waals surface area contributed by atoms with Gasteiger partial charge >= 0.3 is 0 Å². The molecule has 13 heavy (non-hydrogen) atoms. The largest absolute Gasteiger partial charge is 0.261 e. The average molecular weight is 246 g/mol. The Bertz CT molecular complexity index is 275. The molecule has 0 radical (unpaired) electrons. The fourth-order valence-corrected chi connectivity index (χ4v) is 1.88. The number of halogens is 2. The molecular weight excluding hydrogens is 233 g/mol. The van der Waals surface area contributed by atoms with Crippen molar-refractivity contribution in [2.45, 2.75) is 31.0 Å². The van der Waals surface area contributed by atoms with Crippen molar-refractivity contribution in [3.05, 3.63) is 29.8 Å². The fraction of sp³-hybridized carbons (Fsp3) is 0.500. The second kappa shape index (κ2) is 4.70. The molecule has 0 saturated heterocycles. The van der Waals surface area contributed by atoms with Crippen LogP contribution in [0.4, 0.5) is 4.39 Å². The zero-order valence-corrected chi connectivity index (χ0v) is 9.38. The van der Waals surface area contributed by atoms with Crippen LogP contribution in [0.15, 0.2) is 18.5 Å². The third-order valence-electron chi connectivity index (χ3n) is 1.97. The molecule has 2 atom stereocenters. The van der Waals surface area contributed by atoms with Gasteiger partial charge in [-0.1, -0.05) is 29.8 Å². The van der Waals surface area contributed by atoms with E-state index in [4.69, 9.17) is 0 Å². The maximum absolute atomic E-state index is 12.8. The summed E-state index contributed by atoms with van der Waals surface area (Å²) in [5.74, 6) is 0.0872. The molecule has 1 aromatic rings. The van der Waals surface area contributed by atoms with Crippen molar-refractivity contribution in [2.75, 3.05) is 0 Å². The summed E-state index contributed by atoms with van der Waals surface area (Å²) < 4.78 is 12.8. The van der Waals surface area contributed by atoms with Crippen LogP contribution >= 0.6 is 15.9 Å². The first-order valence-electron chi connectivity index (χ1n) is 4.34. The molecule has 1 heterocycles. The van der Waals surface area contributed by atoms with E-state index in [0.29, 0.717) is 10.7 Å². The predicted octanol–water partition coefficient (Wildman–Crippen LogP) is 3.50. The Balaban J connectivity index is 2.71. The van der Waals surface area contributed by atoms with Crippen LogP contribution in [0.3, 0.4) is 0 Å². The zero-order chi connectivity index (χ0) is 9.84. The van der Waals surface area contributed by atoms with E-state index < -0.39 is 0 Å². The molecule has 0 aliphatic carbocycles. The number of aromatic nitrogens is 1. The molecule has 3 heteroatoms. The summed E-state index contributed by atoms with van der Waals surface area (Å²) in [5, 5.41) is 0. The van der Waals surface area contributed by atoms with Crippen LogP contribution < -0.4 is 0 Å². The highest BCUT2D eigenvalue weighted by Gasteiger charge is 2.09. The molecule has 0 spiro atoms. The van der Waals surface area contributed by atoms with Crippen molar-refractivity contribution in [1.82, 2.24) is 4.98 Å². The minimum Gasteiger partial charge on any atom is -0.261 e. The lowest BCUT2D eigenvalue weighted by Gasteiger charge is -2.12. The smallest absolute Gasteiger partial charge is 0.141 e. The average Bonchev–Trinajstić information content (AvgIpc) is 2.03. The Kier molecular flexibility index (Phi) is 3.85. The van der Waals surface area contributed by atoms with E-state index >= 15 is 0 Å². The van der Waals surface area contributed by atoms with Crippen LogP contribution in [0.5, 0.6) is 0 Å². The molecule has 1 nitrogen and oxygen atoms in total. The molecule has 1 rings (SSSR count). The Morgan fingerprint density at radius 2 is 2.15 bits per heavy atom. The maximum atomic E-state index is 12.8. The Morgan fingerprint density at radius 3 is 2.69 bits per heavy atom. The van der Waals surface area contributed by atoms with Crippen molar-refractivity contribution >= 4 is 15.9 Å². The molecule has 2 unspecified atom stereocenters. The van der Waals surface area contributed by atoms with Gasteiger partial charge in [0.25, 0.3) is 0 Å². The molecule has 0 saturated carbocycles. The third kappa shape index (κ3) is 3.43. The third-order valence-corrected chi connectivity index (χ3v) is 2.35. The highest BCUT2D eigenvalue weighted by Crippen LogP contribution is 2.22. The first-order valence-corrected chi connectivity index (χ1v) is 5.25. The van der Waals surface area contributed by atoms with Gasteiger partial charge in [-0.15, -0.1) is 0 Å². The number of rotatable bonds is 3. The van der Waals surface area contributed by atoms with E-state index in [9.17, 15) is 4.39 Å². The summed E-state index contributed by atoms with van der Waals surface area (Å²) in [7, 11) is 0. The molecular formula is C10H13BrFN. The lowest BCUT2D eigenvalue weighted by Crippen LogP contribution is -2.01. The summed E-state index contributed by atoms with van der Waals surface area (Å²) in [6.07, 6.45) is 3.95. The van der Waals surface area contributed by atoms with Crippen LogP contribution in [0.2, 0.25) is 0 Å². The second-order valence-electron chi connectivity index (χ2n) is 3.35. The molecule has 0 aliphatic rings. The van der Waals surface area contributed by atoms with Gasteiger partial charge in [-0.3, -0.25) is 4.98 Å². The quantitative estimate of drug-likeness (QED) is 0.744. The van der Waals surface area contributed by atoms with Crippen LogP contribution in [0.25, 0.3) is 0 Å². The molecule has 0 N–H and O–H groups in total. The van der Waals surface area contributed by atoms with Crippen LogP contribution in [0.1, 0.15) is 31.7 Å². The Labute approximate surface area is 86.5 Å². The van der Waals surface area contributed by atoms with E-state index in [1.807, 2.05) is 0 Å². The summed E-state index contributed by atoms with van der Waals surface area (Å²) >= 11 is 3.48. The van der Waals surface area contributed by atoms with Gasteiger partial charge in [0.1, 0.15) is 5.82 Å². The highest BCUT2D eigenvalue weighted by molar-refractivity contribution is 9.09. The number of nitrogens with zero attached hydrogens (tertiary/aromatic N) is 1. The molecule has 0 aliphatic heterocycles. The lowest BCUT2D eigenvalue weighted by molar-refractivity contribution is 0.608. The minimum absolute atomic E-state index is 0.258. The van der Waals surface area contributed by atoms with E-state index in [1.165, 1.54) is 6.20 Å². The standard InChI is InChI=1S/C10H13BrFN/c1-7(3-8(2)11)9-4-10(12)6-13-5-9/h4-8H,3H2,1-2H3. The molecule has 0 aromatic carbocycles. The fourth-order valence-electron chi connectivity index (χ4n) is 1.32. The maximum Gasteiger partial charge on any atom is 0.141 e. The summed E-state index contributed by atoms with van der Waals surface area (Å²) in [4.78, 5) is 4.27. The van der Waals surface area contributed by atoms with Gasteiger partial charge in [0.05, 0.1) is 6.20 Å². The topological polar surface area (TPSA) is 12.9 Å². The normalized spacial score (nSPS) is 15.4. The molecule has 0 amide bonds. The number of hydrogen-bond donors (Lipinski definition) is 0. The van der Waals surface area contributed by atoms with Gasteiger partial charge in [0, 0.05) is 11.0 Å². The van der Waals surface area contributed by atoms with E-state index in [2.05, 4.69) is 34.8 Å². The minimum atomic E-state index is -0.258. The van der Waals surface area contributed by atoms with E-state index in [0.717, 1.165) is 12.0 Å². The zero-order valence-electron chi connectivity index (χ0n) is 7.80. The Hall–Kier alpha value is -0.440. The first kappa shape index (κ1) is 10.6. The molecule has 0 bridgehead atoms. The first-order chi connectivity index (χ1) is 6.09. The molecule has 72 valence electrons. The van der Waals surface area contributed by atoms with Crippen LogP contribution in [-0.2, 0) is 0 Å². The van der Waals surface area contributed by atoms with Crippen LogP contribution in [0, 0.1) is 5.82 Å². The van der Waals surface area contributed by atoms with Crippen molar-refractivity contribution in [2.24, 2.45) is 0 Å². The van der Waals surface area contributed by atoms with Gasteiger partial charge in [-0.2, -0.15) is 0 Å². The van der Waals surface area contributed by atoms with E-state index in [1.54, 1.807) is 12.3 Å². The van der Waals surface area contributed by atoms with Crippen molar-refractivity contribution in [3.63, 3.8) is 0 Å². The molecule has 1 aromatic heterocycles. The predicted molar refractivity (Wildman–Crippen MR) is 55.6 cm³/mol. The van der Waals surface area contributed by atoms with Gasteiger partial charge in [0.15, 0.2) is 0 Å².